The van der Waals surface area contributed by atoms with Crippen LogP contribution in [0.2, 0.25) is 0 Å². The Hall–Kier alpha value is -4.03. The van der Waals surface area contributed by atoms with E-state index in [1.165, 1.54) is 0 Å². The molecule has 2 aromatic heterocycles. The lowest BCUT2D eigenvalue weighted by Crippen LogP contribution is -2.36. The SMILES string of the molecule is CC(C)C(=O)Nc1ccc(-c2ccnc(Nc3ccc(N4CCOCC4)nc3)n2)cc1C#N. The molecule has 1 fully saturated rings. The van der Waals surface area contributed by atoms with Crippen LogP contribution in [0.1, 0.15) is 19.4 Å². The zero-order valence-corrected chi connectivity index (χ0v) is 18.6. The summed E-state index contributed by atoms with van der Waals surface area (Å²) in [6.07, 6.45) is 3.40. The highest BCUT2D eigenvalue weighted by molar-refractivity contribution is 5.93. The van der Waals surface area contributed by atoms with E-state index in [9.17, 15) is 10.1 Å². The van der Waals surface area contributed by atoms with Gasteiger partial charge in [0.05, 0.1) is 42.0 Å². The van der Waals surface area contributed by atoms with Crippen LogP contribution < -0.4 is 15.5 Å². The maximum absolute atomic E-state index is 12.0. The molecule has 2 N–H and O–H groups in total. The number of amides is 1. The third-order valence-corrected chi connectivity index (χ3v) is 5.21. The van der Waals surface area contributed by atoms with E-state index >= 15 is 0 Å². The van der Waals surface area contributed by atoms with Gasteiger partial charge in [-0.1, -0.05) is 19.9 Å². The van der Waals surface area contributed by atoms with E-state index in [0.717, 1.165) is 30.2 Å². The number of morpholine rings is 1. The summed E-state index contributed by atoms with van der Waals surface area (Å²) in [5.74, 6) is 1.02. The minimum Gasteiger partial charge on any atom is -0.378 e. The van der Waals surface area contributed by atoms with Crippen molar-refractivity contribution in [1.82, 2.24) is 15.0 Å². The monoisotopic (exact) mass is 443 g/mol. The van der Waals surface area contributed by atoms with Crippen molar-refractivity contribution in [1.29, 1.82) is 5.26 Å². The summed E-state index contributed by atoms with van der Waals surface area (Å²) >= 11 is 0. The van der Waals surface area contributed by atoms with Crippen LogP contribution in [-0.4, -0.2) is 47.2 Å². The fourth-order valence-corrected chi connectivity index (χ4v) is 3.33. The summed E-state index contributed by atoms with van der Waals surface area (Å²) in [5, 5.41) is 15.5. The predicted octanol–water partition coefficient (Wildman–Crippen LogP) is 3.58. The van der Waals surface area contributed by atoms with Gasteiger partial charge >= 0.3 is 0 Å². The van der Waals surface area contributed by atoms with Gasteiger partial charge in [0, 0.05) is 30.8 Å². The number of hydrogen-bond donors (Lipinski definition) is 2. The molecule has 9 heteroatoms. The number of hydrogen-bond acceptors (Lipinski definition) is 8. The van der Waals surface area contributed by atoms with Gasteiger partial charge in [0.2, 0.25) is 11.9 Å². The van der Waals surface area contributed by atoms with E-state index in [0.29, 0.717) is 36.1 Å². The second-order valence-corrected chi connectivity index (χ2v) is 7.91. The third-order valence-electron chi connectivity index (χ3n) is 5.21. The quantitative estimate of drug-likeness (QED) is 0.594. The number of carbonyl (C=O) groups excluding carboxylic acids is 1. The number of aromatic nitrogens is 3. The largest absolute Gasteiger partial charge is 0.378 e. The van der Waals surface area contributed by atoms with Gasteiger partial charge in [-0.25, -0.2) is 15.0 Å². The first-order valence-electron chi connectivity index (χ1n) is 10.8. The van der Waals surface area contributed by atoms with Gasteiger partial charge in [-0.05, 0) is 30.3 Å². The smallest absolute Gasteiger partial charge is 0.227 e. The van der Waals surface area contributed by atoms with Crippen molar-refractivity contribution in [3.05, 3.63) is 54.4 Å². The number of anilines is 4. The van der Waals surface area contributed by atoms with Crippen LogP contribution in [0, 0.1) is 17.2 Å². The van der Waals surface area contributed by atoms with E-state index in [4.69, 9.17) is 4.74 Å². The number of benzene rings is 1. The predicted molar refractivity (Wildman–Crippen MR) is 126 cm³/mol. The molecule has 4 rings (SSSR count). The summed E-state index contributed by atoms with van der Waals surface area (Å²) in [7, 11) is 0. The van der Waals surface area contributed by atoms with E-state index < -0.39 is 0 Å². The van der Waals surface area contributed by atoms with Crippen LogP contribution in [-0.2, 0) is 9.53 Å². The maximum atomic E-state index is 12.0. The molecule has 0 radical (unpaired) electrons. The molecule has 9 nitrogen and oxygen atoms in total. The van der Waals surface area contributed by atoms with Crippen LogP contribution in [0.3, 0.4) is 0 Å². The topological polar surface area (TPSA) is 116 Å². The molecule has 168 valence electrons. The first-order chi connectivity index (χ1) is 16.0. The zero-order chi connectivity index (χ0) is 23.2. The van der Waals surface area contributed by atoms with Crippen LogP contribution >= 0.6 is 0 Å². The van der Waals surface area contributed by atoms with Crippen LogP contribution in [0.15, 0.2) is 48.8 Å². The molecule has 33 heavy (non-hydrogen) atoms. The fraction of sp³-hybridized carbons (Fsp3) is 0.292. The number of ether oxygens (including phenoxy) is 1. The van der Waals surface area contributed by atoms with Crippen molar-refractivity contribution < 1.29 is 9.53 Å². The van der Waals surface area contributed by atoms with Gasteiger partial charge in [-0.2, -0.15) is 5.26 Å². The lowest BCUT2D eigenvalue weighted by molar-refractivity contribution is -0.118. The molecule has 0 bridgehead atoms. The molecule has 0 saturated carbocycles. The first kappa shape index (κ1) is 22.2. The van der Waals surface area contributed by atoms with Crippen molar-refractivity contribution in [2.75, 3.05) is 41.8 Å². The second-order valence-electron chi connectivity index (χ2n) is 7.91. The average Bonchev–Trinajstić information content (AvgIpc) is 2.85. The second kappa shape index (κ2) is 10.1. The molecule has 0 unspecified atom stereocenters. The molecule has 0 atom stereocenters. The van der Waals surface area contributed by atoms with Crippen LogP contribution in [0.4, 0.5) is 23.1 Å². The van der Waals surface area contributed by atoms with Gasteiger partial charge in [0.25, 0.3) is 0 Å². The third kappa shape index (κ3) is 5.42. The van der Waals surface area contributed by atoms with Crippen molar-refractivity contribution in [3.8, 4) is 17.3 Å². The molecule has 1 aromatic carbocycles. The molecular weight excluding hydrogens is 418 g/mol. The van der Waals surface area contributed by atoms with Gasteiger partial charge in [0.1, 0.15) is 11.9 Å². The first-order valence-corrected chi connectivity index (χ1v) is 10.8. The Kier molecular flexibility index (Phi) is 6.76. The number of pyridine rings is 1. The van der Waals surface area contributed by atoms with E-state index in [1.807, 2.05) is 18.2 Å². The van der Waals surface area contributed by atoms with Gasteiger partial charge < -0.3 is 20.3 Å². The summed E-state index contributed by atoms with van der Waals surface area (Å²) < 4.78 is 5.38. The standard InChI is InChI=1S/C24H25N7O2/c1-16(2)23(32)29-20-5-3-17(13-18(20)14-25)21-7-8-26-24(30-21)28-19-4-6-22(27-15-19)31-9-11-33-12-10-31/h3-8,13,15-16H,9-12H2,1-2H3,(H,29,32)(H,26,28,30). The number of nitrogens with one attached hydrogen (secondary N) is 2. The summed E-state index contributed by atoms with van der Waals surface area (Å²) in [4.78, 5) is 27.6. The summed E-state index contributed by atoms with van der Waals surface area (Å²) in [5.41, 5.74) is 3.04. The molecular formula is C24H25N7O2. The van der Waals surface area contributed by atoms with E-state index in [1.54, 1.807) is 44.4 Å². The molecule has 3 heterocycles. The Bertz CT molecular complexity index is 1170. The lowest BCUT2D eigenvalue weighted by Gasteiger charge is -2.27. The highest BCUT2D eigenvalue weighted by atomic mass is 16.5. The van der Waals surface area contributed by atoms with E-state index in [2.05, 4.69) is 36.6 Å². The average molecular weight is 444 g/mol. The van der Waals surface area contributed by atoms with Gasteiger partial charge in [-0.15, -0.1) is 0 Å². The summed E-state index contributed by atoms with van der Waals surface area (Å²) in [6.45, 7) is 6.68. The highest BCUT2D eigenvalue weighted by Crippen LogP contribution is 2.25. The molecule has 0 spiro atoms. The summed E-state index contributed by atoms with van der Waals surface area (Å²) in [6, 6.07) is 13.1. The van der Waals surface area contributed by atoms with Gasteiger partial charge in [0.15, 0.2) is 0 Å². The molecule has 0 aliphatic carbocycles. The molecule has 1 saturated heterocycles. The van der Waals surface area contributed by atoms with Crippen molar-refractivity contribution >= 4 is 29.0 Å². The molecule has 1 amide bonds. The number of nitriles is 1. The Morgan fingerprint density at radius 2 is 1.97 bits per heavy atom. The Morgan fingerprint density at radius 1 is 1.15 bits per heavy atom. The molecule has 3 aromatic rings. The van der Waals surface area contributed by atoms with Crippen molar-refractivity contribution in [2.45, 2.75) is 13.8 Å². The fourth-order valence-electron chi connectivity index (χ4n) is 3.33. The molecule has 1 aliphatic rings. The van der Waals surface area contributed by atoms with Crippen LogP contribution in [0.5, 0.6) is 0 Å². The highest BCUT2D eigenvalue weighted by Gasteiger charge is 2.14. The number of nitrogens with zero attached hydrogens (tertiary/aromatic N) is 5. The van der Waals surface area contributed by atoms with E-state index in [-0.39, 0.29) is 11.8 Å². The lowest BCUT2D eigenvalue weighted by atomic mass is 10.1. The number of rotatable bonds is 6. The van der Waals surface area contributed by atoms with Crippen LogP contribution in [0.25, 0.3) is 11.3 Å². The normalized spacial score (nSPS) is 13.5. The zero-order valence-electron chi connectivity index (χ0n) is 18.6. The van der Waals surface area contributed by atoms with Crippen molar-refractivity contribution in [2.24, 2.45) is 5.92 Å². The Morgan fingerprint density at radius 3 is 2.67 bits per heavy atom. The Balaban J connectivity index is 1.49. The number of carbonyl (C=O) groups is 1. The minimum absolute atomic E-state index is 0.138. The molecule has 1 aliphatic heterocycles. The maximum Gasteiger partial charge on any atom is 0.227 e. The minimum atomic E-state index is -0.177. The Labute approximate surface area is 192 Å². The van der Waals surface area contributed by atoms with Gasteiger partial charge in [-0.3, -0.25) is 4.79 Å². The van der Waals surface area contributed by atoms with Crippen molar-refractivity contribution in [3.63, 3.8) is 0 Å².